The Kier molecular flexibility index (Phi) is 9.13. The van der Waals surface area contributed by atoms with E-state index in [2.05, 4.69) is 38.8 Å². The predicted octanol–water partition coefficient (Wildman–Crippen LogP) is 1.99. The van der Waals surface area contributed by atoms with Crippen molar-refractivity contribution in [1.82, 2.24) is 9.62 Å². The van der Waals surface area contributed by atoms with Gasteiger partial charge in [0.25, 0.3) is 0 Å². The van der Waals surface area contributed by atoms with Gasteiger partial charge in [-0.1, -0.05) is 25.1 Å². The average Bonchev–Trinajstić information content (AvgIpc) is 2.83. The molecule has 1 saturated heterocycles. The van der Waals surface area contributed by atoms with E-state index in [9.17, 15) is 16.8 Å². The van der Waals surface area contributed by atoms with E-state index >= 15 is 0 Å². The van der Waals surface area contributed by atoms with E-state index in [1.165, 1.54) is 17.8 Å². The molecule has 2 aromatic rings. The van der Waals surface area contributed by atoms with Crippen molar-refractivity contribution in [3.8, 4) is 5.75 Å². The molecule has 0 unspecified atom stereocenters. The van der Waals surface area contributed by atoms with Crippen molar-refractivity contribution in [2.24, 2.45) is 0 Å². The Morgan fingerprint density at radius 3 is 2.21 bits per heavy atom. The fourth-order valence-corrected chi connectivity index (χ4v) is 5.31. The van der Waals surface area contributed by atoms with Gasteiger partial charge in [0, 0.05) is 44.2 Å². The van der Waals surface area contributed by atoms with Crippen molar-refractivity contribution in [3.63, 3.8) is 0 Å². The van der Waals surface area contributed by atoms with E-state index in [1.807, 2.05) is 6.07 Å². The van der Waals surface area contributed by atoms with Crippen LogP contribution in [0.2, 0.25) is 0 Å². The first-order chi connectivity index (χ1) is 15.8. The van der Waals surface area contributed by atoms with Gasteiger partial charge >= 0.3 is 0 Å². The molecular formula is C23H33N3O5S2. The van der Waals surface area contributed by atoms with E-state index in [0.29, 0.717) is 12.3 Å². The lowest BCUT2D eigenvalue weighted by Gasteiger charge is -2.36. The second kappa shape index (κ2) is 11.8. The molecule has 8 nitrogen and oxygen atoms in total. The summed E-state index contributed by atoms with van der Waals surface area (Å²) < 4.78 is 56.1. The molecule has 1 aliphatic heterocycles. The van der Waals surface area contributed by atoms with Crippen LogP contribution in [0.15, 0.2) is 59.5 Å². The molecule has 0 amide bonds. The summed E-state index contributed by atoms with van der Waals surface area (Å²) in [5.74, 6) is 0.449. The van der Waals surface area contributed by atoms with Crippen molar-refractivity contribution in [2.45, 2.75) is 18.2 Å². The smallest absolute Gasteiger partial charge is 0.240 e. The highest BCUT2D eigenvalue weighted by atomic mass is 32.2. The van der Waals surface area contributed by atoms with Gasteiger partial charge in [0.15, 0.2) is 9.84 Å². The topological polar surface area (TPSA) is 96.0 Å². The third-order valence-corrected chi connectivity index (χ3v) is 8.82. The summed E-state index contributed by atoms with van der Waals surface area (Å²) in [6, 6.07) is 16.4. The maximum Gasteiger partial charge on any atom is 0.240 e. The van der Waals surface area contributed by atoms with E-state index in [0.717, 1.165) is 39.1 Å². The molecule has 1 heterocycles. The number of anilines is 1. The molecular weight excluding hydrogens is 462 g/mol. The second-order valence-electron chi connectivity index (χ2n) is 7.97. The molecule has 1 aliphatic rings. The van der Waals surface area contributed by atoms with Gasteiger partial charge in [-0.15, -0.1) is 0 Å². The van der Waals surface area contributed by atoms with Gasteiger partial charge in [-0.2, -0.15) is 0 Å². The maximum atomic E-state index is 12.5. The quantitative estimate of drug-likeness (QED) is 0.450. The number of para-hydroxylation sites is 1. The summed E-state index contributed by atoms with van der Waals surface area (Å²) in [7, 11) is -6.70. The Bertz CT molecular complexity index is 1070. The number of sulfone groups is 1. The third kappa shape index (κ3) is 7.99. The molecule has 0 spiro atoms. The normalized spacial score (nSPS) is 15.5. The van der Waals surface area contributed by atoms with Crippen molar-refractivity contribution in [3.05, 3.63) is 54.6 Å². The highest BCUT2D eigenvalue weighted by Crippen LogP contribution is 2.17. The predicted molar refractivity (Wildman–Crippen MR) is 131 cm³/mol. The number of hydrogen-bond donors (Lipinski definition) is 1. The van der Waals surface area contributed by atoms with Crippen LogP contribution in [0.1, 0.15) is 13.3 Å². The van der Waals surface area contributed by atoms with Crippen LogP contribution >= 0.6 is 0 Å². The van der Waals surface area contributed by atoms with Crippen LogP contribution in [-0.2, 0) is 19.9 Å². The minimum absolute atomic E-state index is 0.0418. The molecule has 0 atom stereocenters. The number of piperazine rings is 1. The lowest BCUT2D eigenvalue weighted by Crippen LogP contribution is -2.47. The van der Waals surface area contributed by atoms with Crippen molar-refractivity contribution >= 4 is 25.5 Å². The maximum absolute atomic E-state index is 12.5. The van der Waals surface area contributed by atoms with Gasteiger partial charge in [0.1, 0.15) is 12.4 Å². The Balaban J connectivity index is 1.37. The molecule has 182 valence electrons. The molecule has 33 heavy (non-hydrogen) atoms. The first kappa shape index (κ1) is 25.5. The van der Waals surface area contributed by atoms with Gasteiger partial charge in [-0.05, 0) is 49.4 Å². The number of sulfonamides is 1. The number of nitrogens with zero attached hydrogens (tertiary/aromatic N) is 2. The molecule has 3 rings (SSSR count). The minimum atomic E-state index is -3.60. The Hall–Kier alpha value is -2.14. The van der Waals surface area contributed by atoms with Crippen LogP contribution in [0.5, 0.6) is 5.75 Å². The standard InChI is InChI=1S/C23H33N3O5S2/c1-2-32(27,28)20-19-31-22-9-11-23(12-10-22)33(29,30)24-13-6-14-25-15-17-26(18-16-25)21-7-4-3-5-8-21/h3-5,7-12,24H,2,6,13-20H2,1H3. The van der Waals surface area contributed by atoms with Gasteiger partial charge in [-0.25, -0.2) is 21.6 Å². The third-order valence-electron chi connectivity index (χ3n) is 5.67. The van der Waals surface area contributed by atoms with Crippen LogP contribution in [0.25, 0.3) is 0 Å². The SMILES string of the molecule is CCS(=O)(=O)CCOc1ccc(S(=O)(=O)NCCCN2CCN(c3ccccc3)CC2)cc1. The Labute approximate surface area is 197 Å². The Morgan fingerprint density at radius 1 is 0.909 bits per heavy atom. The number of hydrogen-bond acceptors (Lipinski definition) is 7. The van der Waals surface area contributed by atoms with Gasteiger partial charge in [0.2, 0.25) is 10.0 Å². The second-order valence-corrected chi connectivity index (χ2v) is 12.2. The summed E-state index contributed by atoms with van der Waals surface area (Å²) in [4.78, 5) is 4.89. The van der Waals surface area contributed by atoms with Gasteiger partial charge in [0.05, 0.1) is 10.6 Å². The highest BCUT2D eigenvalue weighted by molar-refractivity contribution is 7.91. The summed E-state index contributed by atoms with van der Waals surface area (Å²) in [6.07, 6.45) is 0.734. The van der Waals surface area contributed by atoms with Gasteiger partial charge < -0.3 is 9.64 Å². The monoisotopic (exact) mass is 495 g/mol. The molecule has 0 aromatic heterocycles. The van der Waals surface area contributed by atoms with E-state index in [1.54, 1.807) is 19.1 Å². The Morgan fingerprint density at radius 2 is 1.58 bits per heavy atom. The molecule has 0 radical (unpaired) electrons. The lowest BCUT2D eigenvalue weighted by molar-refractivity contribution is 0.255. The largest absolute Gasteiger partial charge is 0.493 e. The number of benzene rings is 2. The number of ether oxygens (including phenoxy) is 1. The molecule has 0 bridgehead atoms. The lowest BCUT2D eigenvalue weighted by atomic mass is 10.2. The van der Waals surface area contributed by atoms with Crippen molar-refractivity contribution < 1.29 is 21.6 Å². The molecule has 1 N–H and O–H groups in total. The molecule has 2 aromatic carbocycles. The van der Waals surface area contributed by atoms with Crippen LogP contribution in [0.3, 0.4) is 0 Å². The van der Waals surface area contributed by atoms with E-state index in [-0.39, 0.29) is 23.0 Å². The molecule has 0 aliphatic carbocycles. The highest BCUT2D eigenvalue weighted by Gasteiger charge is 2.18. The zero-order valence-corrected chi connectivity index (χ0v) is 20.7. The fraction of sp³-hybridized carbons (Fsp3) is 0.478. The number of rotatable bonds is 12. The van der Waals surface area contributed by atoms with Crippen LogP contribution in [-0.4, -0.2) is 79.1 Å². The average molecular weight is 496 g/mol. The first-order valence-corrected chi connectivity index (χ1v) is 14.5. The summed E-state index contributed by atoms with van der Waals surface area (Å²) in [6.45, 7) is 6.70. The zero-order valence-electron chi connectivity index (χ0n) is 19.0. The van der Waals surface area contributed by atoms with Crippen LogP contribution in [0, 0.1) is 0 Å². The summed E-state index contributed by atoms with van der Waals surface area (Å²) in [5, 5.41) is 0. The van der Waals surface area contributed by atoms with Crippen molar-refractivity contribution in [1.29, 1.82) is 0 Å². The van der Waals surface area contributed by atoms with Crippen LogP contribution in [0.4, 0.5) is 5.69 Å². The number of nitrogens with one attached hydrogen (secondary N) is 1. The van der Waals surface area contributed by atoms with Gasteiger partial charge in [-0.3, -0.25) is 4.90 Å². The van der Waals surface area contributed by atoms with Crippen molar-refractivity contribution in [2.75, 3.05) is 62.3 Å². The molecule has 0 saturated carbocycles. The fourth-order valence-electron chi connectivity index (χ4n) is 3.61. The van der Waals surface area contributed by atoms with E-state index < -0.39 is 19.9 Å². The zero-order chi connectivity index (χ0) is 23.7. The van der Waals surface area contributed by atoms with Crippen LogP contribution < -0.4 is 14.4 Å². The molecule has 1 fully saturated rings. The minimum Gasteiger partial charge on any atom is -0.493 e. The summed E-state index contributed by atoms with van der Waals surface area (Å²) in [5.41, 5.74) is 1.24. The first-order valence-electron chi connectivity index (χ1n) is 11.2. The summed E-state index contributed by atoms with van der Waals surface area (Å²) >= 11 is 0. The molecule has 10 heteroatoms. The van der Waals surface area contributed by atoms with E-state index in [4.69, 9.17) is 4.74 Å².